The SMILES string of the molecule is O=CC(CNCC(F)(F)F)NC(=O)c1ccc(C2=NO[C@@](c3cc(Cl)cc(C(F)(F)F)c3)(C(F)(F)F)C2)c2ccccc12. The molecule has 0 saturated carbocycles. The largest absolute Gasteiger partial charge is 0.435 e. The molecule has 0 fully saturated rings. The molecule has 4 rings (SSSR count). The van der Waals surface area contributed by atoms with Gasteiger partial charge in [-0.1, -0.05) is 47.1 Å². The van der Waals surface area contributed by atoms with Crippen LogP contribution in [0.4, 0.5) is 39.5 Å². The summed E-state index contributed by atoms with van der Waals surface area (Å²) in [7, 11) is 0. The van der Waals surface area contributed by atoms with E-state index in [0.29, 0.717) is 12.1 Å². The Balaban J connectivity index is 1.67. The third kappa shape index (κ3) is 6.88. The van der Waals surface area contributed by atoms with Crippen molar-refractivity contribution in [1.29, 1.82) is 0 Å². The Hall–Kier alpha value is -3.85. The molecule has 0 radical (unpaired) electrons. The molecule has 1 amide bonds. The van der Waals surface area contributed by atoms with Crippen LogP contribution in [0.1, 0.15) is 33.5 Å². The number of rotatable bonds is 8. The molecule has 2 N–H and O–H groups in total. The number of aldehydes is 1. The molecule has 0 bridgehead atoms. The van der Waals surface area contributed by atoms with E-state index in [-0.39, 0.29) is 40.0 Å². The Morgan fingerprint density at radius 3 is 2.28 bits per heavy atom. The van der Waals surface area contributed by atoms with E-state index in [0.717, 1.165) is 0 Å². The van der Waals surface area contributed by atoms with Crippen LogP contribution in [0.5, 0.6) is 0 Å². The van der Waals surface area contributed by atoms with Crippen molar-refractivity contribution >= 4 is 40.3 Å². The molecule has 6 nitrogen and oxygen atoms in total. The topological polar surface area (TPSA) is 79.8 Å². The maximum Gasteiger partial charge on any atom is 0.435 e. The number of benzene rings is 3. The van der Waals surface area contributed by atoms with Crippen molar-refractivity contribution in [3.63, 3.8) is 0 Å². The van der Waals surface area contributed by atoms with Crippen LogP contribution in [0.15, 0.2) is 59.8 Å². The second-order valence-corrected chi connectivity index (χ2v) is 9.96. The molecule has 0 saturated heterocycles. The maximum atomic E-state index is 14.5. The molecular weight excluding hydrogens is 621 g/mol. The van der Waals surface area contributed by atoms with Crippen molar-refractivity contribution in [2.45, 2.75) is 36.6 Å². The summed E-state index contributed by atoms with van der Waals surface area (Å²) in [6.07, 6.45) is -15.6. The van der Waals surface area contributed by atoms with Gasteiger partial charge in [0.25, 0.3) is 11.5 Å². The lowest BCUT2D eigenvalue weighted by Crippen LogP contribution is -2.45. The molecule has 1 aliphatic rings. The standard InChI is InChI=1S/C27H19ClF9N3O3/c28-16-8-14(7-15(9-16)26(32,33)34)24(27(35,36)37)10-22(40-43-24)20-5-6-21(19-4-2-1-3-18(19)20)23(42)39-17(12-41)11-38-13-25(29,30)31/h1-9,12,17,38H,10-11,13H2,(H,39,42)/t17?,24-/m0/s1. The van der Waals surface area contributed by atoms with Crippen LogP contribution in [0.3, 0.4) is 0 Å². The second kappa shape index (κ2) is 11.7. The van der Waals surface area contributed by atoms with E-state index >= 15 is 0 Å². The van der Waals surface area contributed by atoms with E-state index in [4.69, 9.17) is 16.4 Å². The second-order valence-electron chi connectivity index (χ2n) is 9.53. The van der Waals surface area contributed by atoms with Gasteiger partial charge in [0.05, 0.1) is 23.9 Å². The predicted molar refractivity (Wildman–Crippen MR) is 137 cm³/mol. The number of oxime groups is 1. The summed E-state index contributed by atoms with van der Waals surface area (Å²) in [5, 5.41) is 7.65. The third-order valence-electron chi connectivity index (χ3n) is 6.53. The lowest BCUT2D eigenvalue weighted by molar-refractivity contribution is -0.276. The van der Waals surface area contributed by atoms with Crippen LogP contribution in [0.2, 0.25) is 5.02 Å². The number of alkyl halides is 9. The van der Waals surface area contributed by atoms with Gasteiger partial charge < -0.3 is 20.3 Å². The van der Waals surface area contributed by atoms with Crippen LogP contribution < -0.4 is 10.6 Å². The van der Waals surface area contributed by atoms with Crippen LogP contribution in [0.25, 0.3) is 10.8 Å². The van der Waals surface area contributed by atoms with Gasteiger partial charge >= 0.3 is 18.5 Å². The molecule has 1 unspecified atom stereocenters. The van der Waals surface area contributed by atoms with Gasteiger partial charge in [0, 0.05) is 34.7 Å². The smallest absolute Gasteiger partial charge is 0.374 e. The number of carbonyl (C=O) groups excluding carboxylic acids is 2. The highest BCUT2D eigenvalue weighted by Crippen LogP contribution is 2.50. The number of fused-ring (bicyclic) bond motifs is 1. The molecule has 0 aromatic heterocycles. The summed E-state index contributed by atoms with van der Waals surface area (Å²) >= 11 is 5.75. The summed E-state index contributed by atoms with van der Waals surface area (Å²) in [5.41, 5.74) is -5.94. The first-order valence-electron chi connectivity index (χ1n) is 12.2. The van der Waals surface area contributed by atoms with E-state index < -0.39 is 71.7 Å². The summed E-state index contributed by atoms with van der Waals surface area (Å²) < 4.78 is 121. The maximum absolute atomic E-state index is 14.5. The highest BCUT2D eigenvalue weighted by atomic mass is 35.5. The summed E-state index contributed by atoms with van der Waals surface area (Å²) in [6, 6.07) is 8.46. The Labute approximate surface area is 241 Å². The average Bonchev–Trinajstić information content (AvgIpc) is 3.37. The minimum Gasteiger partial charge on any atom is -0.374 e. The molecule has 3 aromatic carbocycles. The fraction of sp³-hybridized carbons (Fsp3) is 0.296. The summed E-state index contributed by atoms with van der Waals surface area (Å²) in [5.74, 6) is -0.860. The van der Waals surface area contributed by atoms with Crippen molar-refractivity contribution in [3.8, 4) is 0 Å². The van der Waals surface area contributed by atoms with Gasteiger partial charge in [-0.05, 0) is 35.0 Å². The quantitative estimate of drug-likeness (QED) is 0.217. The van der Waals surface area contributed by atoms with Gasteiger partial charge in [-0.3, -0.25) is 4.79 Å². The molecular formula is C27H19ClF9N3O3. The average molecular weight is 640 g/mol. The normalized spacial score (nSPS) is 18.2. The Morgan fingerprint density at radius 1 is 1.00 bits per heavy atom. The van der Waals surface area contributed by atoms with Gasteiger partial charge in [0.1, 0.15) is 6.29 Å². The van der Waals surface area contributed by atoms with Crippen molar-refractivity contribution in [1.82, 2.24) is 10.6 Å². The van der Waals surface area contributed by atoms with E-state index in [2.05, 4.69) is 10.5 Å². The van der Waals surface area contributed by atoms with Crippen LogP contribution in [-0.4, -0.2) is 49.4 Å². The number of carbonyl (C=O) groups is 2. The van der Waals surface area contributed by atoms with Gasteiger partial charge in [-0.15, -0.1) is 0 Å². The van der Waals surface area contributed by atoms with Crippen LogP contribution >= 0.6 is 11.6 Å². The lowest BCUT2D eigenvalue weighted by atomic mass is 9.84. The van der Waals surface area contributed by atoms with Gasteiger partial charge in [-0.25, -0.2) is 0 Å². The number of nitrogens with zero attached hydrogens (tertiary/aromatic N) is 1. The zero-order valence-corrected chi connectivity index (χ0v) is 22.2. The monoisotopic (exact) mass is 639 g/mol. The number of hydrogen-bond donors (Lipinski definition) is 2. The molecule has 2 atom stereocenters. The van der Waals surface area contributed by atoms with Crippen molar-refractivity contribution in [2.24, 2.45) is 5.16 Å². The lowest BCUT2D eigenvalue weighted by Gasteiger charge is -2.30. The minimum absolute atomic E-state index is 0.0618. The summed E-state index contributed by atoms with van der Waals surface area (Å²) in [6.45, 7) is -1.93. The first kappa shape index (κ1) is 32.1. The third-order valence-corrected chi connectivity index (χ3v) is 6.75. The number of halogens is 10. The molecule has 43 heavy (non-hydrogen) atoms. The predicted octanol–water partition coefficient (Wildman–Crippen LogP) is 6.54. The molecule has 1 heterocycles. The van der Waals surface area contributed by atoms with Crippen molar-refractivity contribution in [3.05, 3.63) is 81.9 Å². The Morgan fingerprint density at radius 2 is 1.67 bits per heavy atom. The first-order valence-corrected chi connectivity index (χ1v) is 12.6. The summed E-state index contributed by atoms with van der Waals surface area (Å²) in [4.78, 5) is 29.2. The van der Waals surface area contributed by atoms with Crippen molar-refractivity contribution < 1.29 is 53.9 Å². The number of nitrogens with one attached hydrogen (secondary N) is 2. The molecule has 3 aromatic rings. The minimum atomic E-state index is -5.24. The van der Waals surface area contributed by atoms with Crippen LogP contribution in [0, 0.1) is 0 Å². The van der Waals surface area contributed by atoms with E-state index in [1.165, 1.54) is 36.4 Å². The molecule has 1 aliphatic heterocycles. The molecule has 0 aliphatic carbocycles. The molecule has 0 spiro atoms. The van der Waals surface area contributed by atoms with E-state index in [9.17, 15) is 49.1 Å². The Bertz CT molecular complexity index is 1570. The first-order chi connectivity index (χ1) is 19.9. The van der Waals surface area contributed by atoms with Gasteiger partial charge in [-0.2, -0.15) is 39.5 Å². The van der Waals surface area contributed by atoms with Gasteiger partial charge in [0.2, 0.25) is 0 Å². The van der Waals surface area contributed by atoms with Crippen molar-refractivity contribution in [2.75, 3.05) is 13.1 Å². The Kier molecular flexibility index (Phi) is 8.71. The highest BCUT2D eigenvalue weighted by Gasteiger charge is 2.62. The van der Waals surface area contributed by atoms with E-state index in [1.807, 2.05) is 5.32 Å². The van der Waals surface area contributed by atoms with Crippen LogP contribution in [-0.2, 0) is 21.4 Å². The molecule has 230 valence electrons. The zero-order chi connectivity index (χ0) is 31.8. The molecule has 16 heteroatoms. The fourth-order valence-electron chi connectivity index (χ4n) is 4.53. The van der Waals surface area contributed by atoms with E-state index in [1.54, 1.807) is 0 Å². The van der Waals surface area contributed by atoms with Gasteiger partial charge in [0.15, 0.2) is 0 Å². The fourth-order valence-corrected chi connectivity index (χ4v) is 4.77. The number of amides is 1. The highest BCUT2D eigenvalue weighted by molar-refractivity contribution is 6.30. The zero-order valence-electron chi connectivity index (χ0n) is 21.4. The number of hydrogen-bond acceptors (Lipinski definition) is 5.